The van der Waals surface area contributed by atoms with Gasteiger partial charge in [0.2, 0.25) is 0 Å². The third-order valence-electron chi connectivity index (χ3n) is 3.41. The molecule has 0 bridgehead atoms. The molecule has 1 aliphatic heterocycles. The Kier molecular flexibility index (Phi) is 4.47. The number of dihydropyridines is 1. The van der Waals surface area contributed by atoms with Gasteiger partial charge in [-0.2, -0.15) is 5.26 Å². The molecule has 6 heteroatoms. The first kappa shape index (κ1) is 15.6. The Bertz CT molecular complexity index is 699. The number of carbonyl (C=O) groups is 1. The molecule has 3 N–H and O–H groups in total. The lowest BCUT2D eigenvalue weighted by Gasteiger charge is -2.28. The Labute approximate surface area is 127 Å². The van der Waals surface area contributed by atoms with Crippen LogP contribution in [0.15, 0.2) is 46.9 Å². The summed E-state index contributed by atoms with van der Waals surface area (Å²) in [4.78, 5) is 12.3. The minimum atomic E-state index is -0.675. The average Bonchev–Trinajstić information content (AvgIpc) is 2.47. The Morgan fingerprint density at radius 1 is 1.45 bits per heavy atom. The zero-order valence-electron chi connectivity index (χ0n) is 12.3. The van der Waals surface area contributed by atoms with Crippen LogP contribution < -0.4 is 11.1 Å². The van der Waals surface area contributed by atoms with Gasteiger partial charge in [0.25, 0.3) is 0 Å². The molecular weight excluding hydrogens is 285 g/mol. The van der Waals surface area contributed by atoms with Crippen LogP contribution in [-0.4, -0.2) is 12.6 Å². The molecule has 22 heavy (non-hydrogen) atoms. The molecule has 0 aliphatic carbocycles. The van der Waals surface area contributed by atoms with Crippen LogP contribution in [0.5, 0.6) is 0 Å². The van der Waals surface area contributed by atoms with Crippen molar-refractivity contribution in [2.45, 2.75) is 19.8 Å². The SMILES string of the molecule is CCOC(=O)C1=C(C)NC(N)=C(C#N)C1c1ccc(F)cc1. The molecule has 0 spiro atoms. The quantitative estimate of drug-likeness (QED) is 0.834. The molecule has 0 fully saturated rings. The Balaban J connectivity index is 2.59. The van der Waals surface area contributed by atoms with E-state index in [2.05, 4.69) is 5.32 Å². The topological polar surface area (TPSA) is 88.1 Å². The molecule has 5 nitrogen and oxygen atoms in total. The van der Waals surface area contributed by atoms with Crippen LogP contribution in [0.1, 0.15) is 25.3 Å². The lowest BCUT2D eigenvalue weighted by Crippen LogP contribution is -2.32. The molecule has 0 amide bonds. The summed E-state index contributed by atoms with van der Waals surface area (Å²) in [6, 6.07) is 7.64. The van der Waals surface area contributed by atoms with E-state index in [4.69, 9.17) is 10.5 Å². The summed E-state index contributed by atoms with van der Waals surface area (Å²) in [7, 11) is 0. The second-order valence-corrected chi connectivity index (χ2v) is 4.81. The summed E-state index contributed by atoms with van der Waals surface area (Å²) in [5, 5.41) is 12.2. The van der Waals surface area contributed by atoms with Gasteiger partial charge in [-0.3, -0.25) is 0 Å². The predicted molar refractivity (Wildman–Crippen MR) is 78.4 cm³/mol. The van der Waals surface area contributed by atoms with Gasteiger partial charge in [0, 0.05) is 5.70 Å². The molecule has 1 unspecified atom stereocenters. The number of esters is 1. The number of halogens is 1. The minimum absolute atomic E-state index is 0.183. The van der Waals surface area contributed by atoms with Crippen LogP contribution in [0.25, 0.3) is 0 Å². The number of nitrogens with one attached hydrogen (secondary N) is 1. The first-order valence-corrected chi connectivity index (χ1v) is 6.79. The second kappa shape index (κ2) is 6.31. The molecule has 1 aromatic rings. The van der Waals surface area contributed by atoms with Gasteiger partial charge in [-0.25, -0.2) is 9.18 Å². The highest BCUT2D eigenvalue weighted by Crippen LogP contribution is 2.37. The van der Waals surface area contributed by atoms with Gasteiger partial charge < -0.3 is 15.8 Å². The normalized spacial score (nSPS) is 17.8. The molecular formula is C16H16FN3O2. The maximum absolute atomic E-state index is 13.1. The van der Waals surface area contributed by atoms with E-state index < -0.39 is 17.7 Å². The van der Waals surface area contributed by atoms with Crippen molar-refractivity contribution in [3.63, 3.8) is 0 Å². The van der Waals surface area contributed by atoms with Gasteiger partial charge in [-0.15, -0.1) is 0 Å². The van der Waals surface area contributed by atoms with Gasteiger partial charge in [0.15, 0.2) is 0 Å². The number of ether oxygens (including phenoxy) is 1. The zero-order valence-corrected chi connectivity index (χ0v) is 12.3. The number of rotatable bonds is 3. The van der Waals surface area contributed by atoms with Crippen LogP contribution in [0, 0.1) is 17.1 Å². The maximum atomic E-state index is 13.1. The molecule has 1 heterocycles. The molecule has 1 aromatic carbocycles. The van der Waals surface area contributed by atoms with Gasteiger partial charge in [0.1, 0.15) is 11.6 Å². The van der Waals surface area contributed by atoms with E-state index in [1.165, 1.54) is 24.3 Å². The fraction of sp³-hybridized carbons (Fsp3) is 0.250. The number of carbonyl (C=O) groups excluding carboxylic acids is 1. The van der Waals surface area contributed by atoms with Crippen LogP contribution in [-0.2, 0) is 9.53 Å². The number of hydrogen-bond donors (Lipinski definition) is 2. The monoisotopic (exact) mass is 301 g/mol. The van der Waals surface area contributed by atoms with Crippen LogP contribution >= 0.6 is 0 Å². The van der Waals surface area contributed by atoms with E-state index in [1.54, 1.807) is 13.8 Å². The lowest BCUT2D eigenvalue weighted by molar-refractivity contribution is -0.138. The van der Waals surface area contributed by atoms with Crippen LogP contribution in [0.2, 0.25) is 0 Å². The summed E-state index contributed by atoms with van der Waals surface area (Å²) in [6.07, 6.45) is 0. The Hall–Kier alpha value is -2.81. The second-order valence-electron chi connectivity index (χ2n) is 4.81. The highest BCUT2D eigenvalue weighted by Gasteiger charge is 2.34. The molecule has 1 aliphatic rings. The van der Waals surface area contributed by atoms with Crippen LogP contribution in [0.4, 0.5) is 4.39 Å². The molecule has 0 saturated heterocycles. The van der Waals surface area contributed by atoms with Crippen molar-refractivity contribution in [3.8, 4) is 6.07 Å². The molecule has 0 saturated carbocycles. The highest BCUT2D eigenvalue weighted by atomic mass is 19.1. The van der Waals surface area contributed by atoms with E-state index in [0.29, 0.717) is 16.8 Å². The first-order chi connectivity index (χ1) is 10.5. The Morgan fingerprint density at radius 2 is 2.09 bits per heavy atom. The summed E-state index contributed by atoms with van der Waals surface area (Å²) in [6.45, 7) is 3.60. The highest BCUT2D eigenvalue weighted by molar-refractivity contribution is 5.93. The number of benzene rings is 1. The number of hydrogen-bond acceptors (Lipinski definition) is 5. The third-order valence-corrected chi connectivity index (χ3v) is 3.41. The number of nitrogens with zero attached hydrogens (tertiary/aromatic N) is 1. The standard InChI is InChI=1S/C16H16FN3O2/c1-3-22-16(21)13-9(2)20-15(19)12(8-18)14(13)10-4-6-11(17)7-5-10/h4-7,14,20H,3,19H2,1-2H3. The zero-order chi connectivity index (χ0) is 16.3. The van der Waals surface area contributed by atoms with E-state index in [1.807, 2.05) is 6.07 Å². The molecule has 1 atom stereocenters. The summed E-state index contributed by atoms with van der Waals surface area (Å²) in [5.41, 5.74) is 7.49. The van der Waals surface area contributed by atoms with E-state index in [0.717, 1.165) is 0 Å². The maximum Gasteiger partial charge on any atom is 0.336 e. The van der Waals surface area contributed by atoms with Crippen molar-refractivity contribution in [3.05, 3.63) is 58.3 Å². The lowest BCUT2D eigenvalue weighted by atomic mass is 9.82. The van der Waals surface area contributed by atoms with Gasteiger partial charge >= 0.3 is 5.97 Å². The summed E-state index contributed by atoms with van der Waals surface area (Å²) >= 11 is 0. The average molecular weight is 301 g/mol. The Morgan fingerprint density at radius 3 is 2.64 bits per heavy atom. The first-order valence-electron chi connectivity index (χ1n) is 6.79. The number of nitrogens with two attached hydrogens (primary N) is 1. The molecule has 0 radical (unpaired) electrons. The summed E-state index contributed by atoms with van der Waals surface area (Å²) < 4.78 is 18.2. The van der Waals surface area contributed by atoms with Crippen molar-refractivity contribution in [1.29, 1.82) is 5.26 Å². The minimum Gasteiger partial charge on any atom is -0.463 e. The van der Waals surface area contributed by atoms with Crippen molar-refractivity contribution >= 4 is 5.97 Å². The van der Waals surface area contributed by atoms with Crippen LogP contribution in [0.3, 0.4) is 0 Å². The predicted octanol–water partition coefficient (Wildman–Crippen LogP) is 2.04. The molecule has 0 aromatic heterocycles. The number of nitriles is 1. The van der Waals surface area contributed by atoms with Gasteiger partial charge in [-0.05, 0) is 31.5 Å². The van der Waals surface area contributed by atoms with E-state index in [-0.39, 0.29) is 18.0 Å². The largest absolute Gasteiger partial charge is 0.463 e. The van der Waals surface area contributed by atoms with E-state index in [9.17, 15) is 14.4 Å². The van der Waals surface area contributed by atoms with Gasteiger partial charge in [0.05, 0.1) is 29.7 Å². The summed E-state index contributed by atoms with van der Waals surface area (Å²) in [5.74, 6) is -1.41. The van der Waals surface area contributed by atoms with Gasteiger partial charge in [-0.1, -0.05) is 12.1 Å². The number of allylic oxidation sites excluding steroid dienone is 2. The fourth-order valence-corrected chi connectivity index (χ4v) is 2.45. The van der Waals surface area contributed by atoms with Crippen molar-refractivity contribution in [1.82, 2.24) is 5.32 Å². The third kappa shape index (κ3) is 2.79. The van der Waals surface area contributed by atoms with Crippen molar-refractivity contribution in [2.75, 3.05) is 6.61 Å². The fourth-order valence-electron chi connectivity index (χ4n) is 2.45. The van der Waals surface area contributed by atoms with Crippen molar-refractivity contribution < 1.29 is 13.9 Å². The van der Waals surface area contributed by atoms with Crippen molar-refractivity contribution in [2.24, 2.45) is 5.73 Å². The molecule has 114 valence electrons. The smallest absolute Gasteiger partial charge is 0.336 e. The van der Waals surface area contributed by atoms with E-state index >= 15 is 0 Å². The molecule has 2 rings (SSSR count).